The number of nitrogens with zero attached hydrogens (tertiary/aromatic N) is 2. The second kappa shape index (κ2) is 14.6. The van der Waals surface area contributed by atoms with E-state index in [-0.39, 0.29) is 30.6 Å². The van der Waals surface area contributed by atoms with E-state index in [1.54, 1.807) is 72.8 Å². The number of allylic oxidation sites excluding steroid dienone is 2. The normalized spacial score (nSPS) is 12.5. The van der Waals surface area contributed by atoms with E-state index >= 15 is 0 Å². The largest absolute Gasteiger partial charge is 0.454 e. The van der Waals surface area contributed by atoms with Crippen LogP contribution in [0.1, 0.15) is 17.5 Å². The van der Waals surface area contributed by atoms with Crippen LogP contribution in [-0.4, -0.2) is 37.0 Å². The van der Waals surface area contributed by atoms with Crippen LogP contribution in [0.25, 0.3) is 11.1 Å². The average molecular weight is 623 g/mol. The molecular weight excluding hydrogens is 594 g/mol. The number of hydrogen-bond acceptors (Lipinski definition) is 4. The Labute approximate surface area is 256 Å². The summed E-state index contributed by atoms with van der Waals surface area (Å²) in [5.74, 6) is -4.02. The third-order valence-electron chi connectivity index (χ3n) is 6.72. The zero-order chi connectivity index (χ0) is 32.5. The fourth-order valence-corrected chi connectivity index (χ4v) is 4.57. The Balaban J connectivity index is 1.72. The van der Waals surface area contributed by atoms with Crippen LogP contribution in [0.15, 0.2) is 134 Å². The predicted octanol–water partition coefficient (Wildman–Crippen LogP) is 8.73. The summed E-state index contributed by atoms with van der Waals surface area (Å²) in [6, 6.07) is 31.9. The van der Waals surface area contributed by atoms with Gasteiger partial charge in [0.1, 0.15) is 0 Å². The molecule has 0 aliphatic rings. The van der Waals surface area contributed by atoms with Gasteiger partial charge < -0.3 is 9.80 Å². The number of para-hydroxylation sites is 2. The Hall–Kier alpha value is -5.12. The summed E-state index contributed by atoms with van der Waals surface area (Å²) >= 11 is 0. The Kier molecular flexibility index (Phi) is 10.6. The van der Waals surface area contributed by atoms with Crippen molar-refractivity contribution in [3.63, 3.8) is 0 Å². The molecule has 0 fully saturated rings. The first-order valence-electron chi connectivity index (χ1n) is 13.9. The van der Waals surface area contributed by atoms with Crippen molar-refractivity contribution < 1.29 is 35.9 Å². The molecule has 4 aromatic carbocycles. The summed E-state index contributed by atoms with van der Waals surface area (Å²) < 4.78 is 82.0. The van der Waals surface area contributed by atoms with Crippen molar-refractivity contribution in [2.75, 3.05) is 22.9 Å². The fourth-order valence-electron chi connectivity index (χ4n) is 4.57. The van der Waals surface area contributed by atoms with Gasteiger partial charge in [0, 0.05) is 36.9 Å². The SMILES string of the molecule is O=C(/C(=C\N(CCCN(/C=C(\C(=O)C(F)(F)F)c1ccccc1)c1ccccc1)c1ccccc1)c1ccccc1)C(F)(F)F. The maximum absolute atomic E-state index is 13.7. The summed E-state index contributed by atoms with van der Waals surface area (Å²) in [6.07, 6.45) is -7.76. The number of rotatable bonds is 12. The van der Waals surface area contributed by atoms with Gasteiger partial charge in [-0.2, -0.15) is 26.3 Å². The quantitative estimate of drug-likeness (QED) is 0.117. The number of benzene rings is 4. The van der Waals surface area contributed by atoms with Gasteiger partial charge >= 0.3 is 12.4 Å². The number of Topliss-reactive ketones (excluding diaryl/α,β-unsaturated/α-hetero) is 2. The number of carbonyl (C=O) groups is 2. The smallest absolute Gasteiger partial charge is 0.347 e. The highest BCUT2D eigenvalue weighted by Crippen LogP contribution is 2.30. The maximum Gasteiger partial charge on any atom is 0.454 e. The molecule has 45 heavy (non-hydrogen) atoms. The van der Waals surface area contributed by atoms with Gasteiger partial charge in [-0.15, -0.1) is 0 Å². The zero-order valence-corrected chi connectivity index (χ0v) is 23.8. The van der Waals surface area contributed by atoms with Crippen LogP contribution in [0.2, 0.25) is 0 Å². The molecule has 0 aliphatic heterocycles. The lowest BCUT2D eigenvalue weighted by atomic mass is 10.0. The molecule has 0 unspecified atom stereocenters. The summed E-state index contributed by atoms with van der Waals surface area (Å²) in [5, 5.41) is 0. The molecule has 0 N–H and O–H groups in total. The molecule has 10 heteroatoms. The first-order chi connectivity index (χ1) is 21.4. The minimum Gasteiger partial charge on any atom is -0.347 e. The van der Waals surface area contributed by atoms with E-state index in [1.165, 1.54) is 58.3 Å². The molecule has 4 aromatic rings. The Morgan fingerprint density at radius 3 is 1.07 bits per heavy atom. The molecule has 0 saturated heterocycles. The summed E-state index contributed by atoms with van der Waals surface area (Å²) in [5.41, 5.74) is 0.0307. The van der Waals surface area contributed by atoms with Gasteiger partial charge in [-0.3, -0.25) is 9.59 Å². The molecule has 0 amide bonds. The number of alkyl halides is 6. The van der Waals surface area contributed by atoms with Gasteiger partial charge in [0.15, 0.2) is 0 Å². The fraction of sp³-hybridized carbons (Fsp3) is 0.143. The van der Waals surface area contributed by atoms with Crippen LogP contribution >= 0.6 is 0 Å². The highest BCUT2D eigenvalue weighted by Gasteiger charge is 2.42. The van der Waals surface area contributed by atoms with E-state index in [0.717, 1.165) is 12.4 Å². The number of ketones is 2. The monoisotopic (exact) mass is 622 g/mol. The van der Waals surface area contributed by atoms with Gasteiger partial charge in [-0.05, 0) is 41.8 Å². The van der Waals surface area contributed by atoms with Crippen LogP contribution in [0.3, 0.4) is 0 Å². The maximum atomic E-state index is 13.7. The molecule has 0 heterocycles. The molecular formula is C35H28F6N2O2. The second-order valence-electron chi connectivity index (χ2n) is 9.88. The average Bonchev–Trinajstić information content (AvgIpc) is 3.04. The van der Waals surface area contributed by atoms with Crippen LogP contribution < -0.4 is 9.80 Å². The molecule has 232 valence electrons. The van der Waals surface area contributed by atoms with E-state index < -0.39 is 35.1 Å². The Morgan fingerprint density at radius 1 is 0.489 bits per heavy atom. The van der Waals surface area contributed by atoms with Crippen molar-refractivity contribution in [1.29, 1.82) is 0 Å². The molecule has 0 radical (unpaired) electrons. The first-order valence-corrected chi connectivity index (χ1v) is 13.9. The van der Waals surface area contributed by atoms with E-state index in [1.807, 2.05) is 0 Å². The lowest BCUT2D eigenvalue weighted by Gasteiger charge is -2.26. The third-order valence-corrected chi connectivity index (χ3v) is 6.72. The highest BCUT2D eigenvalue weighted by molar-refractivity contribution is 6.24. The predicted molar refractivity (Wildman–Crippen MR) is 163 cm³/mol. The molecule has 0 saturated carbocycles. The number of hydrogen-bond donors (Lipinski definition) is 0. The molecule has 4 nitrogen and oxygen atoms in total. The van der Waals surface area contributed by atoms with Crippen molar-refractivity contribution in [2.45, 2.75) is 18.8 Å². The molecule has 0 aromatic heterocycles. The first kappa shape index (κ1) is 32.8. The molecule has 0 aliphatic carbocycles. The van der Waals surface area contributed by atoms with Crippen molar-refractivity contribution in [1.82, 2.24) is 0 Å². The number of halogens is 6. The van der Waals surface area contributed by atoms with E-state index in [4.69, 9.17) is 0 Å². The Bertz CT molecular complexity index is 1500. The minimum atomic E-state index is -5.13. The Morgan fingerprint density at radius 2 is 0.778 bits per heavy atom. The van der Waals surface area contributed by atoms with Crippen molar-refractivity contribution in [3.8, 4) is 0 Å². The van der Waals surface area contributed by atoms with Gasteiger partial charge in [-0.25, -0.2) is 0 Å². The van der Waals surface area contributed by atoms with Gasteiger partial charge in [-0.1, -0.05) is 97.1 Å². The van der Waals surface area contributed by atoms with Gasteiger partial charge in [0.25, 0.3) is 11.6 Å². The third kappa shape index (κ3) is 8.95. The second-order valence-corrected chi connectivity index (χ2v) is 9.88. The van der Waals surface area contributed by atoms with Crippen LogP contribution in [0.4, 0.5) is 37.7 Å². The van der Waals surface area contributed by atoms with E-state index in [0.29, 0.717) is 11.4 Å². The number of anilines is 2. The van der Waals surface area contributed by atoms with Crippen molar-refractivity contribution >= 4 is 34.1 Å². The van der Waals surface area contributed by atoms with Crippen molar-refractivity contribution in [3.05, 3.63) is 145 Å². The molecule has 0 atom stereocenters. The summed E-state index contributed by atoms with van der Waals surface area (Å²) in [7, 11) is 0. The lowest BCUT2D eigenvalue weighted by molar-refractivity contribution is -0.164. The van der Waals surface area contributed by atoms with Crippen LogP contribution in [0, 0.1) is 0 Å². The van der Waals surface area contributed by atoms with Gasteiger partial charge in [0.2, 0.25) is 0 Å². The highest BCUT2D eigenvalue weighted by atomic mass is 19.4. The lowest BCUT2D eigenvalue weighted by Crippen LogP contribution is -2.29. The van der Waals surface area contributed by atoms with Crippen LogP contribution in [-0.2, 0) is 9.59 Å². The van der Waals surface area contributed by atoms with Crippen LogP contribution in [0.5, 0.6) is 0 Å². The van der Waals surface area contributed by atoms with E-state index in [2.05, 4.69) is 0 Å². The summed E-state index contributed by atoms with van der Waals surface area (Å²) in [6.45, 7) is 0.160. The zero-order valence-electron chi connectivity index (χ0n) is 23.8. The van der Waals surface area contributed by atoms with Crippen molar-refractivity contribution in [2.24, 2.45) is 0 Å². The standard InChI is InChI=1S/C35H28F6N2O2/c36-34(37,38)32(44)30(26-14-5-1-6-15-26)24-42(28-18-9-3-10-19-28)22-13-23-43(29-20-11-4-12-21-29)25-31(33(45)35(39,40)41)27-16-7-2-8-17-27/h1-12,14-21,24-25H,13,22-23H2/b30-24-,31-25-. The molecule has 0 spiro atoms. The minimum absolute atomic E-state index is 0.0766. The molecule has 0 bridgehead atoms. The molecule has 4 rings (SSSR count). The van der Waals surface area contributed by atoms with Gasteiger partial charge in [0.05, 0.1) is 11.1 Å². The van der Waals surface area contributed by atoms with E-state index in [9.17, 15) is 35.9 Å². The summed E-state index contributed by atoms with van der Waals surface area (Å²) in [4.78, 5) is 28.1. The number of carbonyl (C=O) groups excluding carboxylic acids is 2. The topological polar surface area (TPSA) is 40.6 Å².